The standard InChI is InChI=1S/C12H14N2O3/c15-10-5-1-8(2-6-10)12(17)13-7-11(16)14-9-3-4-9/h1-2,5-6,9,15H,3-4,7H2,(H,13,17)(H,14,16). The van der Waals surface area contributed by atoms with E-state index in [1.807, 2.05) is 0 Å². The lowest BCUT2D eigenvalue weighted by molar-refractivity contribution is -0.120. The van der Waals surface area contributed by atoms with Crippen molar-refractivity contribution in [2.45, 2.75) is 18.9 Å². The summed E-state index contributed by atoms with van der Waals surface area (Å²) in [4.78, 5) is 22.9. The summed E-state index contributed by atoms with van der Waals surface area (Å²) < 4.78 is 0. The van der Waals surface area contributed by atoms with Gasteiger partial charge in [-0.15, -0.1) is 0 Å². The van der Waals surface area contributed by atoms with Crippen LogP contribution < -0.4 is 10.6 Å². The minimum atomic E-state index is -0.323. The highest BCUT2D eigenvalue weighted by Crippen LogP contribution is 2.18. The van der Waals surface area contributed by atoms with Crippen LogP contribution in [0.2, 0.25) is 0 Å². The van der Waals surface area contributed by atoms with E-state index in [0.29, 0.717) is 11.6 Å². The number of aromatic hydroxyl groups is 1. The maximum Gasteiger partial charge on any atom is 0.251 e. The minimum absolute atomic E-state index is 0.0176. The second-order valence-electron chi connectivity index (χ2n) is 4.07. The van der Waals surface area contributed by atoms with Crippen molar-refractivity contribution in [3.05, 3.63) is 29.8 Å². The molecule has 1 aromatic rings. The van der Waals surface area contributed by atoms with Crippen molar-refractivity contribution in [2.24, 2.45) is 0 Å². The lowest BCUT2D eigenvalue weighted by Crippen LogP contribution is -2.37. The Kier molecular flexibility index (Phi) is 3.27. The molecular formula is C12H14N2O3. The Labute approximate surface area is 98.8 Å². The Bertz CT molecular complexity index is 424. The first-order valence-electron chi connectivity index (χ1n) is 5.52. The van der Waals surface area contributed by atoms with Crippen molar-refractivity contribution in [1.82, 2.24) is 10.6 Å². The van der Waals surface area contributed by atoms with Crippen LogP contribution in [0.25, 0.3) is 0 Å². The van der Waals surface area contributed by atoms with Crippen LogP contribution >= 0.6 is 0 Å². The van der Waals surface area contributed by atoms with Crippen LogP contribution in [0, 0.1) is 0 Å². The van der Waals surface area contributed by atoms with Gasteiger partial charge >= 0.3 is 0 Å². The van der Waals surface area contributed by atoms with Crippen molar-refractivity contribution >= 4 is 11.8 Å². The van der Waals surface area contributed by atoms with E-state index in [1.54, 1.807) is 0 Å². The average molecular weight is 234 g/mol. The number of rotatable bonds is 4. The van der Waals surface area contributed by atoms with E-state index in [0.717, 1.165) is 12.8 Å². The largest absolute Gasteiger partial charge is 0.508 e. The summed E-state index contributed by atoms with van der Waals surface area (Å²) in [6.45, 7) is -0.0176. The van der Waals surface area contributed by atoms with Crippen LogP contribution in [0.1, 0.15) is 23.2 Å². The monoisotopic (exact) mass is 234 g/mol. The molecule has 0 aromatic heterocycles. The fourth-order valence-electron chi connectivity index (χ4n) is 1.38. The number of hydrogen-bond donors (Lipinski definition) is 3. The van der Waals surface area contributed by atoms with E-state index >= 15 is 0 Å². The molecule has 0 unspecified atom stereocenters. The number of carbonyl (C=O) groups excluding carboxylic acids is 2. The van der Waals surface area contributed by atoms with Crippen LogP contribution in [0.3, 0.4) is 0 Å². The predicted octanol–water partition coefficient (Wildman–Crippen LogP) is 0.401. The highest BCUT2D eigenvalue weighted by atomic mass is 16.3. The van der Waals surface area contributed by atoms with E-state index in [9.17, 15) is 9.59 Å². The van der Waals surface area contributed by atoms with Crippen LogP contribution in [-0.2, 0) is 4.79 Å². The zero-order chi connectivity index (χ0) is 12.3. The zero-order valence-electron chi connectivity index (χ0n) is 9.27. The second-order valence-corrected chi connectivity index (χ2v) is 4.07. The molecule has 1 fully saturated rings. The lowest BCUT2D eigenvalue weighted by atomic mass is 10.2. The van der Waals surface area contributed by atoms with Gasteiger partial charge in [-0.3, -0.25) is 9.59 Å². The molecule has 2 amide bonds. The summed E-state index contributed by atoms with van der Waals surface area (Å²) >= 11 is 0. The molecule has 17 heavy (non-hydrogen) atoms. The van der Waals surface area contributed by atoms with Gasteiger partial charge < -0.3 is 15.7 Å². The Morgan fingerprint density at radius 2 is 1.88 bits per heavy atom. The minimum Gasteiger partial charge on any atom is -0.508 e. The number of hydrogen-bond acceptors (Lipinski definition) is 3. The first-order chi connectivity index (χ1) is 8.15. The van der Waals surface area contributed by atoms with Crippen LogP contribution in [0.5, 0.6) is 5.75 Å². The Morgan fingerprint density at radius 1 is 1.24 bits per heavy atom. The molecule has 1 aromatic carbocycles. The normalized spacial score (nSPS) is 14.1. The molecule has 0 bridgehead atoms. The number of amides is 2. The summed E-state index contributed by atoms with van der Waals surface area (Å²) in [7, 11) is 0. The first kappa shape index (κ1) is 11.4. The SMILES string of the molecule is O=C(CNC(=O)c1ccc(O)cc1)NC1CC1. The molecule has 0 spiro atoms. The van der Waals surface area contributed by atoms with Crippen molar-refractivity contribution in [1.29, 1.82) is 0 Å². The molecule has 2 rings (SSSR count). The molecule has 0 saturated heterocycles. The van der Waals surface area contributed by atoms with Gasteiger partial charge in [0.15, 0.2) is 0 Å². The van der Waals surface area contributed by atoms with Gasteiger partial charge in [0.05, 0.1) is 6.54 Å². The zero-order valence-corrected chi connectivity index (χ0v) is 9.27. The molecule has 1 aliphatic carbocycles. The van der Waals surface area contributed by atoms with E-state index in [1.165, 1.54) is 24.3 Å². The molecule has 3 N–H and O–H groups in total. The highest BCUT2D eigenvalue weighted by Gasteiger charge is 2.23. The molecule has 0 atom stereocenters. The highest BCUT2D eigenvalue weighted by molar-refractivity contribution is 5.96. The molecule has 1 aliphatic rings. The fraction of sp³-hybridized carbons (Fsp3) is 0.333. The van der Waals surface area contributed by atoms with Gasteiger partial charge in [-0.2, -0.15) is 0 Å². The van der Waals surface area contributed by atoms with Gasteiger partial charge in [-0.25, -0.2) is 0 Å². The van der Waals surface area contributed by atoms with Crippen molar-refractivity contribution in [3.63, 3.8) is 0 Å². The second kappa shape index (κ2) is 4.86. The Hall–Kier alpha value is -2.04. The van der Waals surface area contributed by atoms with Crippen molar-refractivity contribution in [2.75, 3.05) is 6.54 Å². The smallest absolute Gasteiger partial charge is 0.251 e. The van der Waals surface area contributed by atoms with Gasteiger partial charge in [0.1, 0.15) is 5.75 Å². The summed E-state index contributed by atoms with van der Waals surface area (Å²) in [5.74, 6) is -0.386. The maximum absolute atomic E-state index is 11.6. The van der Waals surface area contributed by atoms with E-state index in [-0.39, 0.29) is 24.1 Å². The predicted molar refractivity (Wildman–Crippen MR) is 61.6 cm³/mol. The third-order valence-electron chi connectivity index (χ3n) is 2.48. The summed E-state index contributed by atoms with van der Waals surface area (Å²) in [5, 5.41) is 14.4. The van der Waals surface area contributed by atoms with E-state index in [2.05, 4.69) is 10.6 Å². The quantitative estimate of drug-likeness (QED) is 0.705. The lowest BCUT2D eigenvalue weighted by Gasteiger charge is -2.05. The van der Waals surface area contributed by atoms with Crippen LogP contribution in [-0.4, -0.2) is 29.5 Å². The number of phenols is 1. The number of nitrogens with one attached hydrogen (secondary N) is 2. The first-order valence-corrected chi connectivity index (χ1v) is 5.52. The van der Waals surface area contributed by atoms with Gasteiger partial charge in [0.2, 0.25) is 5.91 Å². The summed E-state index contributed by atoms with van der Waals surface area (Å²) in [6.07, 6.45) is 2.05. The summed E-state index contributed by atoms with van der Waals surface area (Å²) in [6, 6.07) is 6.17. The molecule has 0 heterocycles. The van der Waals surface area contributed by atoms with Crippen molar-refractivity contribution < 1.29 is 14.7 Å². The Morgan fingerprint density at radius 3 is 2.47 bits per heavy atom. The molecule has 90 valence electrons. The molecule has 1 saturated carbocycles. The third-order valence-corrected chi connectivity index (χ3v) is 2.48. The van der Waals surface area contributed by atoms with Gasteiger partial charge in [-0.1, -0.05) is 0 Å². The molecule has 5 nitrogen and oxygen atoms in total. The van der Waals surface area contributed by atoms with Gasteiger partial charge in [0, 0.05) is 11.6 Å². The number of benzene rings is 1. The third kappa shape index (κ3) is 3.48. The fourth-order valence-corrected chi connectivity index (χ4v) is 1.38. The number of phenolic OH excluding ortho intramolecular Hbond substituents is 1. The molecular weight excluding hydrogens is 220 g/mol. The average Bonchev–Trinajstić information content (AvgIpc) is 3.11. The van der Waals surface area contributed by atoms with Crippen molar-refractivity contribution in [3.8, 4) is 5.75 Å². The van der Waals surface area contributed by atoms with Gasteiger partial charge in [-0.05, 0) is 37.1 Å². The number of carbonyl (C=O) groups is 2. The topological polar surface area (TPSA) is 78.4 Å². The van der Waals surface area contributed by atoms with Gasteiger partial charge in [0.25, 0.3) is 5.91 Å². The molecule has 0 radical (unpaired) electrons. The molecule has 5 heteroatoms. The van der Waals surface area contributed by atoms with Crippen LogP contribution in [0.15, 0.2) is 24.3 Å². The van der Waals surface area contributed by atoms with E-state index in [4.69, 9.17) is 5.11 Å². The maximum atomic E-state index is 11.6. The Balaban J connectivity index is 1.79. The van der Waals surface area contributed by atoms with E-state index < -0.39 is 0 Å². The summed E-state index contributed by atoms with van der Waals surface area (Å²) in [5.41, 5.74) is 0.419. The van der Waals surface area contributed by atoms with Crippen LogP contribution in [0.4, 0.5) is 0 Å². The molecule has 0 aliphatic heterocycles.